The standard InChI is InChI=1S/C13H19N3O4/c1-9(2)15(6-3-7-17)13(18)10-4-5-11(14)12(8-10)16(19)20/h4-5,8-9,17H,3,6-7,14H2,1-2H3. The van der Waals surface area contributed by atoms with Gasteiger partial charge in [-0.05, 0) is 32.4 Å². The van der Waals surface area contributed by atoms with Crippen molar-refractivity contribution in [2.24, 2.45) is 0 Å². The normalized spacial score (nSPS) is 10.6. The van der Waals surface area contributed by atoms with E-state index in [0.717, 1.165) is 0 Å². The van der Waals surface area contributed by atoms with Crippen LogP contribution in [0.4, 0.5) is 11.4 Å². The molecule has 0 saturated heterocycles. The number of hydrogen-bond donors (Lipinski definition) is 2. The van der Waals surface area contributed by atoms with Crippen molar-refractivity contribution in [3.8, 4) is 0 Å². The Labute approximate surface area is 117 Å². The fraction of sp³-hybridized carbons (Fsp3) is 0.462. The minimum Gasteiger partial charge on any atom is -0.396 e. The number of nitrogens with zero attached hydrogens (tertiary/aromatic N) is 2. The summed E-state index contributed by atoms with van der Waals surface area (Å²) in [7, 11) is 0. The number of aliphatic hydroxyl groups is 1. The van der Waals surface area contributed by atoms with Crippen LogP contribution in [0.2, 0.25) is 0 Å². The molecule has 0 aromatic heterocycles. The van der Waals surface area contributed by atoms with E-state index in [1.807, 2.05) is 13.8 Å². The van der Waals surface area contributed by atoms with E-state index in [1.54, 1.807) is 4.90 Å². The minimum atomic E-state index is -0.612. The molecule has 0 fully saturated rings. The molecule has 0 atom stereocenters. The molecule has 0 radical (unpaired) electrons. The number of amides is 1. The molecular formula is C13H19N3O4. The lowest BCUT2D eigenvalue weighted by Crippen LogP contribution is -2.38. The van der Waals surface area contributed by atoms with Gasteiger partial charge >= 0.3 is 0 Å². The van der Waals surface area contributed by atoms with Crippen LogP contribution in [0.3, 0.4) is 0 Å². The van der Waals surface area contributed by atoms with E-state index in [4.69, 9.17) is 10.8 Å². The Hall–Kier alpha value is -2.15. The summed E-state index contributed by atoms with van der Waals surface area (Å²) in [5.41, 5.74) is 5.48. The first-order valence-electron chi connectivity index (χ1n) is 6.34. The number of benzene rings is 1. The van der Waals surface area contributed by atoms with Crippen LogP contribution in [0.25, 0.3) is 0 Å². The van der Waals surface area contributed by atoms with Crippen LogP contribution in [-0.4, -0.2) is 40.0 Å². The lowest BCUT2D eigenvalue weighted by molar-refractivity contribution is -0.383. The van der Waals surface area contributed by atoms with E-state index in [1.165, 1.54) is 18.2 Å². The second-order valence-corrected chi connectivity index (χ2v) is 4.70. The van der Waals surface area contributed by atoms with Gasteiger partial charge in [0.1, 0.15) is 5.69 Å². The van der Waals surface area contributed by atoms with Crippen LogP contribution in [0.1, 0.15) is 30.6 Å². The third-order valence-electron chi connectivity index (χ3n) is 2.92. The first-order chi connectivity index (χ1) is 9.38. The Kier molecular flexibility index (Phi) is 5.45. The van der Waals surface area contributed by atoms with Crippen LogP contribution in [-0.2, 0) is 0 Å². The highest BCUT2D eigenvalue weighted by atomic mass is 16.6. The Morgan fingerprint density at radius 1 is 1.50 bits per heavy atom. The molecule has 7 heteroatoms. The van der Waals surface area contributed by atoms with E-state index >= 15 is 0 Å². The van der Waals surface area contributed by atoms with Crippen LogP contribution in [0.15, 0.2) is 18.2 Å². The van der Waals surface area contributed by atoms with E-state index in [9.17, 15) is 14.9 Å². The molecule has 0 spiro atoms. The van der Waals surface area contributed by atoms with Crippen molar-refractivity contribution in [2.75, 3.05) is 18.9 Å². The highest BCUT2D eigenvalue weighted by Gasteiger charge is 2.21. The number of nitro groups is 1. The zero-order valence-electron chi connectivity index (χ0n) is 11.6. The van der Waals surface area contributed by atoms with E-state index in [2.05, 4.69) is 0 Å². The molecule has 0 bridgehead atoms. The second kappa shape index (κ2) is 6.85. The summed E-state index contributed by atoms with van der Waals surface area (Å²) in [5, 5.41) is 19.7. The van der Waals surface area contributed by atoms with Gasteiger partial charge in [0.2, 0.25) is 0 Å². The average molecular weight is 281 g/mol. The molecule has 0 aliphatic heterocycles. The minimum absolute atomic E-state index is 0.0155. The largest absolute Gasteiger partial charge is 0.396 e. The van der Waals surface area contributed by atoms with Crippen molar-refractivity contribution in [3.63, 3.8) is 0 Å². The molecule has 0 aliphatic carbocycles. The summed E-state index contributed by atoms with van der Waals surface area (Å²) in [5.74, 6) is -0.309. The van der Waals surface area contributed by atoms with Gasteiger partial charge in [0.25, 0.3) is 11.6 Å². The maximum absolute atomic E-state index is 12.4. The Bertz CT molecular complexity index is 502. The molecule has 0 aliphatic rings. The Morgan fingerprint density at radius 2 is 2.15 bits per heavy atom. The van der Waals surface area contributed by atoms with Gasteiger partial charge in [-0.3, -0.25) is 14.9 Å². The zero-order valence-corrected chi connectivity index (χ0v) is 11.6. The first kappa shape index (κ1) is 15.9. The van der Waals surface area contributed by atoms with Gasteiger partial charge in [0, 0.05) is 30.8 Å². The lowest BCUT2D eigenvalue weighted by Gasteiger charge is -2.26. The number of anilines is 1. The average Bonchev–Trinajstić information content (AvgIpc) is 2.38. The fourth-order valence-electron chi connectivity index (χ4n) is 1.84. The van der Waals surface area contributed by atoms with Gasteiger partial charge in [-0.15, -0.1) is 0 Å². The van der Waals surface area contributed by atoms with Crippen molar-refractivity contribution in [2.45, 2.75) is 26.3 Å². The molecule has 7 nitrogen and oxygen atoms in total. The predicted molar refractivity (Wildman–Crippen MR) is 75.4 cm³/mol. The molecule has 0 saturated carbocycles. The highest BCUT2D eigenvalue weighted by Crippen LogP contribution is 2.23. The maximum Gasteiger partial charge on any atom is 0.292 e. The van der Waals surface area contributed by atoms with Crippen LogP contribution in [0.5, 0.6) is 0 Å². The maximum atomic E-state index is 12.4. The van der Waals surface area contributed by atoms with Gasteiger partial charge in [-0.25, -0.2) is 0 Å². The third kappa shape index (κ3) is 3.67. The number of carbonyl (C=O) groups is 1. The summed E-state index contributed by atoms with van der Waals surface area (Å²) in [6.07, 6.45) is 0.459. The molecule has 1 aromatic rings. The van der Waals surface area contributed by atoms with E-state index in [0.29, 0.717) is 13.0 Å². The van der Waals surface area contributed by atoms with Crippen LogP contribution >= 0.6 is 0 Å². The molecule has 20 heavy (non-hydrogen) atoms. The highest BCUT2D eigenvalue weighted by molar-refractivity contribution is 5.95. The number of nitro benzene ring substituents is 1. The summed E-state index contributed by atoms with van der Waals surface area (Å²) in [6, 6.07) is 3.95. The van der Waals surface area contributed by atoms with Gasteiger partial charge in [0.15, 0.2) is 0 Å². The monoisotopic (exact) mass is 281 g/mol. The smallest absolute Gasteiger partial charge is 0.292 e. The third-order valence-corrected chi connectivity index (χ3v) is 2.92. The fourth-order valence-corrected chi connectivity index (χ4v) is 1.84. The van der Waals surface area contributed by atoms with Crippen molar-refractivity contribution in [1.29, 1.82) is 0 Å². The SMILES string of the molecule is CC(C)N(CCCO)C(=O)c1ccc(N)c([N+](=O)[O-])c1. The zero-order chi connectivity index (χ0) is 15.3. The molecule has 1 amide bonds. The van der Waals surface area contributed by atoms with Crippen molar-refractivity contribution >= 4 is 17.3 Å². The number of rotatable bonds is 6. The van der Waals surface area contributed by atoms with Gasteiger partial charge in [0.05, 0.1) is 4.92 Å². The molecule has 1 rings (SSSR count). The van der Waals surface area contributed by atoms with Gasteiger partial charge in [-0.1, -0.05) is 0 Å². The van der Waals surface area contributed by atoms with Gasteiger partial charge in [-0.2, -0.15) is 0 Å². The van der Waals surface area contributed by atoms with Crippen molar-refractivity contribution < 1.29 is 14.8 Å². The van der Waals surface area contributed by atoms with E-state index in [-0.39, 0.29) is 35.5 Å². The van der Waals surface area contributed by atoms with E-state index < -0.39 is 4.92 Å². The number of nitrogens with two attached hydrogens (primary N) is 1. The number of carbonyl (C=O) groups excluding carboxylic acids is 1. The van der Waals surface area contributed by atoms with Crippen molar-refractivity contribution in [3.05, 3.63) is 33.9 Å². The molecule has 110 valence electrons. The molecule has 1 aromatic carbocycles. The summed E-state index contributed by atoms with van der Waals surface area (Å²) >= 11 is 0. The lowest BCUT2D eigenvalue weighted by atomic mass is 10.1. The molecular weight excluding hydrogens is 262 g/mol. The number of hydrogen-bond acceptors (Lipinski definition) is 5. The Morgan fingerprint density at radius 3 is 2.65 bits per heavy atom. The predicted octanol–water partition coefficient (Wildman–Crippen LogP) is 1.41. The quantitative estimate of drug-likeness (QED) is 0.465. The van der Waals surface area contributed by atoms with Gasteiger partial charge < -0.3 is 15.7 Å². The summed E-state index contributed by atoms with van der Waals surface area (Å²) < 4.78 is 0. The van der Waals surface area contributed by atoms with Crippen LogP contribution in [0, 0.1) is 10.1 Å². The molecule has 3 N–H and O–H groups in total. The first-order valence-corrected chi connectivity index (χ1v) is 6.34. The molecule has 0 heterocycles. The topological polar surface area (TPSA) is 110 Å². The van der Waals surface area contributed by atoms with Crippen molar-refractivity contribution in [1.82, 2.24) is 4.90 Å². The Balaban J connectivity index is 3.05. The number of aliphatic hydroxyl groups excluding tert-OH is 1. The summed E-state index contributed by atoms with van der Waals surface area (Å²) in [4.78, 5) is 24.1. The van der Waals surface area contributed by atoms with Crippen LogP contribution < -0.4 is 5.73 Å². The number of nitrogen functional groups attached to an aromatic ring is 1. The second-order valence-electron chi connectivity index (χ2n) is 4.70. The molecule has 0 unspecified atom stereocenters. The summed E-state index contributed by atoms with van der Waals surface area (Å²) in [6.45, 7) is 4.07.